The summed E-state index contributed by atoms with van der Waals surface area (Å²) in [6.07, 6.45) is 0. The molecule has 4 rings (SSSR count). The number of carbonyl (C=O) groups excluding carboxylic acids is 2. The summed E-state index contributed by atoms with van der Waals surface area (Å²) in [6, 6.07) is 24.4. The third-order valence-corrected chi connectivity index (χ3v) is 6.03. The number of benzene rings is 4. The molecule has 4 aromatic rings. The van der Waals surface area contributed by atoms with Crippen molar-refractivity contribution < 1.29 is 28.5 Å². The number of hydrogen-bond acceptors (Lipinski definition) is 7. The van der Waals surface area contributed by atoms with Gasteiger partial charge in [0, 0.05) is 11.6 Å². The molecular weight excluding hydrogens is 498 g/mol. The zero-order valence-corrected chi connectivity index (χ0v) is 22.1. The summed E-state index contributed by atoms with van der Waals surface area (Å²) in [5.74, 6) is 0.149. The van der Waals surface area contributed by atoms with Crippen molar-refractivity contribution in [3.05, 3.63) is 90.0 Å². The maximum Gasteiger partial charge on any atom is 0.329 e. The van der Waals surface area contributed by atoms with Crippen molar-refractivity contribution in [1.29, 1.82) is 0 Å². The first-order valence-corrected chi connectivity index (χ1v) is 12.1. The summed E-state index contributed by atoms with van der Waals surface area (Å²) in [5, 5.41) is 8.84. The molecule has 0 atom stereocenters. The second-order valence-corrected chi connectivity index (χ2v) is 8.45. The van der Waals surface area contributed by atoms with Crippen LogP contribution in [0.5, 0.6) is 23.0 Å². The molecule has 4 aromatic carbocycles. The van der Waals surface area contributed by atoms with Crippen LogP contribution in [0, 0.1) is 0 Å². The minimum absolute atomic E-state index is 0.322. The Balaban J connectivity index is 1.41. The van der Waals surface area contributed by atoms with Crippen LogP contribution >= 0.6 is 0 Å². The summed E-state index contributed by atoms with van der Waals surface area (Å²) < 4.78 is 22.0. The molecule has 0 fully saturated rings. The molecule has 0 saturated carbocycles. The van der Waals surface area contributed by atoms with Crippen molar-refractivity contribution in [2.24, 2.45) is 5.10 Å². The van der Waals surface area contributed by atoms with E-state index >= 15 is 0 Å². The Bertz CT molecular complexity index is 1530. The minimum Gasteiger partial charge on any atom is -0.497 e. The molecule has 2 amide bonds. The largest absolute Gasteiger partial charge is 0.497 e. The van der Waals surface area contributed by atoms with Gasteiger partial charge < -0.3 is 24.3 Å². The van der Waals surface area contributed by atoms with Gasteiger partial charge in [0.05, 0.1) is 32.7 Å². The molecule has 0 saturated heterocycles. The number of nitrogens with one attached hydrogen (secondary N) is 2. The fourth-order valence-corrected chi connectivity index (χ4v) is 3.92. The Kier molecular flexibility index (Phi) is 8.63. The van der Waals surface area contributed by atoms with E-state index in [1.54, 1.807) is 50.4 Å². The number of methoxy groups -OCH3 is 3. The van der Waals surface area contributed by atoms with E-state index in [4.69, 9.17) is 18.9 Å². The monoisotopic (exact) mass is 527 g/mol. The van der Waals surface area contributed by atoms with Crippen LogP contribution < -0.4 is 29.7 Å². The molecule has 0 aliphatic rings. The Morgan fingerprint density at radius 1 is 0.769 bits per heavy atom. The van der Waals surface area contributed by atoms with Gasteiger partial charge in [-0.1, -0.05) is 42.5 Å². The van der Waals surface area contributed by atoms with Crippen LogP contribution in [-0.4, -0.2) is 38.9 Å². The highest BCUT2D eigenvalue weighted by Gasteiger charge is 2.17. The summed E-state index contributed by atoms with van der Waals surface area (Å²) in [5.41, 5.74) is 4.81. The van der Waals surface area contributed by atoms with Gasteiger partial charge in [0.1, 0.15) is 18.1 Å². The smallest absolute Gasteiger partial charge is 0.329 e. The van der Waals surface area contributed by atoms with Gasteiger partial charge in [-0.3, -0.25) is 9.59 Å². The van der Waals surface area contributed by atoms with Crippen LogP contribution in [0.15, 0.2) is 84.0 Å². The van der Waals surface area contributed by atoms with E-state index in [2.05, 4.69) is 34.0 Å². The van der Waals surface area contributed by atoms with Crippen LogP contribution in [0.25, 0.3) is 10.8 Å². The molecule has 0 aromatic heterocycles. The van der Waals surface area contributed by atoms with E-state index in [1.807, 2.05) is 24.3 Å². The third-order valence-electron chi connectivity index (χ3n) is 6.03. The Hall–Kier alpha value is -5.05. The number of hydrazone groups is 1. The van der Waals surface area contributed by atoms with E-state index in [0.29, 0.717) is 46.6 Å². The zero-order valence-electron chi connectivity index (χ0n) is 22.1. The molecule has 0 radical (unpaired) electrons. The highest BCUT2D eigenvalue weighted by Crippen LogP contribution is 2.31. The third kappa shape index (κ3) is 6.45. The van der Waals surface area contributed by atoms with E-state index in [9.17, 15) is 9.59 Å². The SMILES string of the molecule is COc1ccc(NC(=O)C(=O)N/N=C(\C)c2ccc(OCc3cccc4ccccc34)c(OC)c2)c(OC)c1. The number of fused-ring (bicyclic) bond motifs is 1. The predicted molar refractivity (Wildman–Crippen MR) is 150 cm³/mol. The van der Waals surface area contributed by atoms with E-state index < -0.39 is 11.8 Å². The van der Waals surface area contributed by atoms with Gasteiger partial charge in [-0.25, -0.2) is 5.43 Å². The fourth-order valence-electron chi connectivity index (χ4n) is 3.92. The van der Waals surface area contributed by atoms with E-state index in [0.717, 1.165) is 16.3 Å². The van der Waals surface area contributed by atoms with Crippen LogP contribution in [-0.2, 0) is 16.2 Å². The lowest BCUT2D eigenvalue weighted by molar-refractivity contribution is -0.136. The van der Waals surface area contributed by atoms with Gasteiger partial charge in [0.15, 0.2) is 11.5 Å². The van der Waals surface area contributed by atoms with Crippen molar-refractivity contribution >= 4 is 34.0 Å². The normalized spacial score (nSPS) is 11.0. The first kappa shape index (κ1) is 27.0. The Morgan fingerprint density at radius 3 is 2.31 bits per heavy atom. The lowest BCUT2D eigenvalue weighted by Gasteiger charge is -2.13. The van der Waals surface area contributed by atoms with Crippen molar-refractivity contribution in [2.45, 2.75) is 13.5 Å². The summed E-state index contributed by atoms with van der Waals surface area (Å²) >= 11 is 0. The summed E-state index contributed by atoms with van der Waals surface area (Å²) in [4.78, 5) is 24.7. The molecule has 0 bridgehead atoms. The van der Waals surface area contributed by atoms with Gasteiger partial charge in [0.2, 0.25) is 0 Å². The Morgan fingerprint density at radius 2 is 1.54 bits per heavy atom. The Labute approximate surface area is 226 Å². The molecule has 39 heavy (non-hydrogen) atoms. The number of anilines is 1. The lowest BCUT2D eigenvalue weighted by atomic mass is 10.1. The quantitative estimate of drug-likeness (QED) is 0.182. The molecule has 0 aliphatic carbocycles. The molecule has 2 N–H and O–H groups in total. The van der Waals surface area contributed by atoms with Gasteiger partial charge in [-0.05, 0) is 53.6 Å². The fraction of sp³-hybridized carbons (Fsp3) is 0.167. The highest BCUT2D eigenvalue weighted by molar-refractivity contribution is 6.39. The topological polar surface area (TPSA) is 107 Å². The number of nitrogens with zero attached hydrogens (tertiary/aromatic N) is 1. The minimum atomic E-state index is -0.936. The lowest BCUT2D eigenvalue weighted by Crippen LogP contribution is -2.33. The first-order chi connectivity index (χ1) is 18.9. The maximum atomic E-state index is 12.4. The van der Waals surface area contributed by atoms with Crippen molar-refractivity contribution in [1.82, 2.24) is 5.43 Å². The second kappa shape index (κ2) is 12.5. The zero-order chi connectivity index (χ0) is 27.8. The van der Waals surface area contributed by atoms with Crippen molar-refractivity contribution in [2.75, 3.05) is 26.6 Å². The van der Waals surface area contributed by atoms with Crippen LogP contribution in [0.2, 0.25) is 0 Å². The van der Waals surface area contributed by atoms with Gasteiger partial charge in [-0.15, -0.1) is 0 Å². The van der Waals surface area contributed by atoms with E-state index in [-0.39, 0.29) is 0 Å². The molecule has 0 unspecified atom stereocenters. The van der Waals surface area contributed by atoms with Gasteiger partial charge in [-0.2, -0.15) is 5.10 Å². The van der Waals surface area contributed by atoms with Crippen molar-refractivity contribution in [3.8, 4) is 23.0 Å². The number of rotatable bonds is 9. The highest BCUT2D eigenvalue weighted by atomic mass is 16.5. The number of amides is 2. The van der Waals surface area contributed by atoms with Crippen LogP contribution in [0.3, 0.4) is 0 Å². The molecule has 9 heteroatoms. The molecule has 200 valence electrons. The second-order valence-electron chi connectivity index (χ2n) is 8.45. The van der Waals surface area contributed by atoms with Crippen LogP contribution in [0.1, 0.15) is 18.1 Å². The molecule has 9 nitrogen and oxygen atoms in total. The maximum absolute atomic E-state index is 12.4. The van der Waals surface area contributed by atoms with Gasteiger partial charge >= 0.3 is 11.8 Å². The van der Waals surface area contributed by atoms with Gasteiger partial charge in [0.25, 0.3) is 0 Å². The molecular formula is C30H29N3O6. The number of hydrogen-bond donors (Lipinski definition) is 2. The van der Waals surface area contributed by atoms with Crippen LogP contribution in [0.4, 0.5) is 5.69 Å². The number of ether oxygens (including phenoxy) is 4. The van der Waals surface area contributed by atoms with Crippen molar-refractivity contribution in [3.63, 3.8) is 0 Å². The first-order valence-electron chi connectivity index (χ1n) is 12.1. The average molecular weight is 528 g/mol. The standard InChI is InChI=1S/C30H29N3O6/c1-19(32-33-30(35)29(34)31-25-14-13-23(36-2)17-27(25)37-3)21-12-15-26(28(16-21)38-4)39-18-22-10-7-9-20-8-5-6-11-24(20)22/h5-17H,18H2,1-4H3,(H,31,34)(H,33,35)/b32-19+. The average Bonchev–Trinajstić information content (AvgIpc) is 2.98. The predicted octanol–water partition coefficient (Wildman–Crippen LogP) is 4.92. The van der Waals surface area contributed by atoms with E-state index in [1.165, 1.54) is 14.2 Å². The number of carbonyl (C=O) groups is 2. The summed E-state index contributed by atoms with van der Waals surface area (Å²) in [6.45, 7) is 2.07. The molecule has 0 aliphatic heterocycles. The molecule has 0 spiro atoms. The summed E-state index contributed by atoms with van der Waals surface area (Å²) in [7, 11) is 4.52. The molecule has 0 heterocycles.